The number of carbonyl (C=O) groups is 1. The fourth-order valence-corrected chi connectivity index (χ4v) is 6.77. The molecular formula is C14H21BrO. The second-order valence-electron chi connectivity index (χ2n) is 7.66. The fourth-order valence-electron chi connectivity index (χ4n) is 6.18. The van der Waals surface area contributed by atoms with Crippen LogP contribution in [0.15, 0.2) is 0 Å². The highest BCUT2D eigenvalue weighted by Gasteiger charge is 2.60. The van der Waals surface area contributed by atoms with Gasteiger partial charge in [-0.05, 0) is 76.6 Å². The standard InChI is InChI=1S/C14H21BrO/c1-12-3-10-4-13(2,7-12)9-14(5-10,8-12)6-11(15)16/h10H,3-9H2,1-2H3. The van der Waals surface area contributed by atoms with Crippen molar-refractivity contribution in [3.63, 3.8) is 0 Å². The van der Waals surface area contributed by atoms with E-state index in [0.29, 0.717) is 16.2 Å². The maximum Gasteiger partial charge on any atom is 0.198 e. The predicted octanol–water partition coefficient (Wildman–Crippen LogP) is 4.29. The summed E-state index contributed by atoms with van der Waals surface area (Å²) in [6.45, 7) is 4.92. The summed E-state index contributed by atoms with van der Waals surface area (Å²) < 4.78 is 0.224. The Hall–Kier alpha value is 0.150. The van der Waals surface area contributed by atoms with Gasteiger partial charge in [0, 0.05) is 6.42 Å². The van der Waals surface area contributed by atoms with Gasteiger partial charge in [0.05, 0.1) is 0 Å². The minimum absolute atomic E-state index is 0.224. The van der Waals surface area contributed by atoms with E-state index in [-0.39, 0.29) is 4.69 Å². The summed E-state index contributed by atoms with van der Waals surface area (Å²) >= 11 is 3.16. The summed E-state index contributed by atoms with van der Waals surface area (Å²) in [5.41, 5.74) is 1.43. The molecule has 4 fully saturated rings. The molecule has 4 rings (SSSR count). The van der Waals surface area contributed by atoms with Gasteiger partial charge < -0.3 is 0 Å². The smallest absolute Gasteiger partial charge is 0.198 e. The molecule has 0 spiro atoms. The molecule has 2 unspecified atom stereocenters. The van der Waals surface area contributed by atoms with Crippen LogP contribution in [0.2, 0.25) is 0 Å². The van der Waals surface area contributed by atoms with E-state index in [1.807, 2.05) is 0 Å². The first-order valence-electron chi connectivity index (χ1n) is 6.51. The average Bonchev–Trinajstić information content (AvgIpc) is 1.91. The first-order chi connectivity index (χ1) is 7.32. The van der Waals surface area contributed by atoms with Crippen molar-refractivity contribution in [1.29, 1.82) is 0 Å². The topological polar surface area (TPSA) is 17.1 Å². The van der Waals surface area contributed by atoms with E-state index in [1.54, 1.807) is 0 Å². The molecule has 2 heteroatoms. The highest BCUT2D eigenvalue weighted by atomic mass is 79.9. The molecule has 0 saturated heterocycles. The van der Waals surface area contributed by atoms with Crippen LogP contribution < -0.4 is 0 Å². The fraction of sp³-hybridized carbons (Fsp3) is 0.929. The molecule has 0 amide bonds. The van der Waals surface area contributed by atoms with E-state index in [0.717, 1.165) is 12.3 Å². The van der Waals surface area contributed by atoms with Crippen LogP contribution in [0.5, 0.6) is 0 Å². The molecule has 4 aliphatic carbocycles. The van der Waals surface area contributed by atoms with Crippen LogP contribution in [0.1, 0.15) is 58.8 Å². The Morgan fingerprint density at radius 2 is 1.69 bits per heavy atom. The van der Waals surface area contributed by atoms with Gasteiger partial charge in [-0.3, -0.25) is 4.79 Å². The lowest BCUT2D eigenvalue weighted by Crippen LogP contribution is -2.55. The zero-order chi connectivity index (χ0) is 11.6. The van der Waals surface area contributed by atoms with Crippen LogP contribution in [0.4, 0.5) is 0 Å². The van der Waals surface area contributed by atoms with Crippen molar-refractivity contribution in [3.8, 4) is 0 Å². The molecule has 0 heterocycles. The predicted molar refractivity (Wildman–Crippen MR) is 68.4 cm³/mol. The Morgan fingerprint density at radius 1 is 1.12 bits per heavy atom. The summed E-state index contributed by atoms with van der Waals surface area (Å²) in [7, 11) is 0. The van der Waals surface area contributed by atoms with Gasteiger partial charge in [0.15, 0.2) is 4.69 Å². The molecule has 2 atom stereocenters. The Bertz CT molecular complexity index is 331. The summed E-state index contributed by atoms with van der Waals surface area (Å²) in [6.07, 6.45) is 8.91. The van der Waals surface area contributed by atoms with E-state index in [9.17, 15) is 4.79 Å². The SMILES string of the molecule is CC12CC3CC(C)(C1)CC(CC(=O)Br)(C3)C2. The Labute approximate surface area is 106 Å². The third-order valence-electron chi connectivity index (χ3n) is 5.26. The molecule has 0 radical (unpaired) electrons. The lowest BCUT2D eigenvalue weighted by molar-refractivity contribution is -0.151. The van der Waals surface area contributed by atoms with E-state index in [4.69, 9.17) is 0 Å². The Balaban J connectivity index is 1.95. The van der Waals surface area contributed by atoms with Crippen molar-refractivity contribution in [2.24, 2.45) is 22.2 Å². The highest BCUT2D eigenvalue weighted by Crippen LogP contribution is 2.70. The number of hydrogen-bond acceptors (Lipinski definition) is 1. The van der Waals surface area contributed by atoms with Crippen LogP contribution >= 0.6 is 15.9 Å². The Kier molecular flexibility index (Phi) is 2.20. The quantitative estimate of drug-likeness (QED) is 0.691. The normalized spacial score (nSPS) is 54.3. The second kappa shape index (κ2) is 3.13. The molecular weight excluding hydrogens is 264 g/mol. The van der Waals surface area contributed by atoms with Crippen molar-refractivity contribution in [2.75, 3.05) is 0 Å². The van der Waals surface area contributed by atoms with Gasteiger partial charge in [-0.15, -0.1) is 0 Å². The van der Waals surface area contributed by atoms with Gasteiger partial charge in [-0.2, -0.15) is 0 Å². The third-order valence-corrected chi connectivity index (χ3v) is 5.54. The van der Waals surface area contributed by atoms with Gasteiger partial charge >= 0.3 is 0 Å². The van der Waals surface area contributed by atoms with E-state index in [1.165, 1.54) is 38.5 Å². The summed E-state index contributed by atoms with van der Waals surface area (Å²) in [6, 6.07) is 0. The lowest BCUT2D eigenvalue weighted by atomic mass is 9.40. The molecule has 4 aliphatic rings. The third kappa shape index (κ3) is 1.68. The molecule has 0 aromatic carbocycles. The van der Waals surface area contributed by atoms with Crippen LogP contribution in [0, 0.1) is 22.2 Å². The molecule has 4 bridgehead atoms. The van der Waals surface area contributed by atoms with Gasteiger partial charge in [0.25, 0.3) is 0 Å². The van der Waals surface area contributed by atoms with Crippen LogP contribution in [-0.4, -0.2) is 4.69 Å². The summed E-state index contributed by atoms with van der Waals surface area (Å²) in [5, 5.41) is 0. The lowest BCUT2D eigenvalue weighted by Gasteiger charge is -2.65. The van der Waals surface area contributed by atoms with Gasteiger partial charge in [-0.1, -0.05) is 13.8 Å². The van der Waals surface area contributed by atoms with Crippen molar-refractivity contribution in [3.05, 3.63) is 0 Å². The minimum atomic E-state index is 0.224. The minimum Gasteiger partial charge on any atom is -0.287 e. The van der Waals surface area contributed by atoms with Gasteiger partial charge in [-0.25, -0.2) is 0 Å². The van der Waals surface area contributed by atoms with Crippen molar-refractivity contribution < 1.29 is 4.79 Å². The van der Waals surface area contributed by atoms with Crippen LogP contribution in [0.25, 0.3) is 0 Å². The highest BCUT2D eigenvalue weighted by molar-refractivity contribution is 9.18. The van der Waals surface area contributed by atoms with Crippen molar-refractivity contribution in [2.45, 2.75) is 58.8 Å². The largest absolute Gasteiger partial charge is 0.287 e. The first kappa shape index (κ1) is 11.3. The van der Waals surface area contributed by atoms with Crippen LogP contribution in [-0.2, 0) is 4.79 Å². The maximum absolute atomic E-state index is 11.5. The summed E-state index contributed by atoms with van der Waals surface area (Å²) in [5.74, 6) is 0.901. The van der Waals surface area contributed by atoms with E-state index < -0.39 is 0 Å². The molecule has 0 aromatic rings. The number of halogens is 1. The van der Waals surface area contributed by atoms with Gasteiger partial charge in [0.1, 0.15) is 0 Å². The maximum atomic E-state index is 11.5. The summed E-state index contributed by atoms with van der Waals surface area (Å²) in [4.78, 5) is 11.5. The van der Waals surface area contributed by atoms with E-state index >= 15 is 0 Å². The van der Waals surface area contributed by atoms with Gasteiger partial charge in [0.2, 0.25) is 0 Å². The second-order valence-corrected chi connectivity index (χ2v) is 8.55. The molecule has 0 N–H and O–H groups in total. The zero-order valence-electron chi connectivity index (χ0n) is 10.3. The monoisotopic (exact) mass is 284 g/mol. The number of hydrogen-bond donors (Lipinski definition) is 0. The number of carbonyl (C=O) groups excluding carboxylic acids is 1. The molecule has 90 valence electrons. The van der Waals surface area contributed by atoms with E-state index in [2.05, 4.69) is 29.8 Å². The van der Waals surface area contributed by atoms with Crippen molar-refractivity contribution >= 4 is 20.6 Å². The zero-order valence-corrected chi connectivity index (χ0v) is 11.9. The average molecular weight is 285 g/mol. The number of rotatable bonds is 2. The first-order valence-corrected chi connectivity index (χ1v) is 7.30. The van der Waals surface area contributed by atoms with Crippen LogP contribution in [0.3, 0.4) is 0 Å². The van der Waals surface area contributed by atoms with Crippen molar-refractivity contribution in [1.82, 2.24) is 0 Å². The molecule has 4 saturated carbocycles. The molecule has 0 aliphatic heterocycles. The molecule has 16 heavy (non-hydrogen) atoms. The molecule has 1 nitrogen and oxygen atoms in total. The molecule has 0 aromatic heterocycles. The Morgan fingerprint density at radius 3 is 2.12 bits per heavy atom.